The number of hydrogen-bond donors (Lipinski definition) is 2. The summed E-state index contributed by atoms with van der Waals surface area (Å²) in [6, 6.07) is 13.4. The first-order valence-electron chi connectivity index (χ1n) is 5.61. The summed E-state index contributed by atoms with van der Waals surface area (Å²) in [7, 11) is 1.63. The van der Waals surface area contributed by atoms with E-state index in [9.17, 15) is 0 Å². The van der Waals surface area contributed by atoms with Gasteiger partial charge in [-0.1, -0.05) is 40.3 Å². The Balaban J connectivity index is 2.41. The smallest absolute Gasteiger partial charge is 0.142 e. The van der Waals surface area contributed by atoms with E-state index in [1.807, 2.05) is 42.5 Å². The predicted octanol–water partition coefficient (Wildman–Crippen LogP) is 3.84. The molecule has 3 N–H and O–H groups in total. The third-order valence-electron chi connectivity index (χ3n) is 2.62. The third kappa shape index (κ3) is 3.24. The van der Waals surface area contributed by atoms with E-state index in [1.165, 1.54) is 0 Å². The summed E-state index contributed by atoms with van der Waals surface area (Å²) in [5.41, 5.74) is 8.23. The lowest BCUT2D eigenvalue weighted by molar-refractivity contribution is 0.417. The molecule has 0 fully saturated rings. The Morgan fingerprint density at radius 1 is 1.21 bits per heavy atom. The second kappa shape index (κ2) is 6.04. The number of anilines is 2. The van der Waals surface area contributed by atoms with Crippen molar-refractivity contribution in [1.82, 2.24) is 0 Å². The molecule has 0 aliphatic heterocycles. The number of methoxy groups -OCH3 is 1. The van der Waals surface area contributed by atoms with Gasteiger partial charge in [0.1, 0.15) is 10.7 Å². The van der Waals surface area contributed by atoms with Gasteiger partial charge in [-0.25, -0.2) is 0 Å². The zero-order valence-electron chi connectivity index (χ0n) is 10.3. The molecule has 0 aliphatic rings. The maximum absolute atomic E-state index is 5.72. The highest BCUT2D eigenvalue weighted by Gasteiger charge is 2.08. The van der Waals surface area contributed by atoms with Gasteiger partial charge in [0, 0.05) is 15.7 Å². The van der Waals surface area contributed by atoms with Crippen LogP contribution in [0.1, 0.15) is 5.56 Å². The topological polar surface area (TPSA) is 47.3 Å². The second-order valence-electron chi connectivity index (χ2n) is 3.88. The molecule has 98 valence electrons. The Hall–Kier alpha value is -1.59. The molecule has 0 aromatic heterocycles. The minimum absolute atomic E-state index is 0.358. The third-order valence-corrected chi connectivity index (χ3v) is 3.34. The van der Waals surface area contributed by atoms with E-state index in [4.69, 9.17) is 22.7 Å². The summed E-state index contributed by atoms with van der Waals surface area (Å²) in [6.07, 6.45) is 0. The minimum Gasteiger partial charge on any atom is -0.495 e. The van der Waals surface area contributed by atoms with E-state index in [-0.39, 0.29) is 0 Å². The molecular weight excluding hydrogens is 324 g/mol. The number of nitrogens with two attached hydrogens (primary N) is 1. The zero-order chi connectivity index (χ0) is 13.8. The average Bonchev–Trinajstić information content (AvgIpc) is 2.39. The number of benzene rings is 2. The van der Waals surface area contributed by atoms with Crippen molar-refractivity contribution in [2.45, 2.75) is 0 Å². The van der Waals surface area contributed by atoms with Crippen LogP contribution >= 0.6 is 28.1 Å². The van der Waals surface area contributed by atoms with E-state index in [0.717, 1.165) is 27.2 Å². The van der Waals surface area contributed by atoms with E-state index in [2.05, 4.69) is 21.2 Å². The van der Waals surface area contributed by atoms with Crippen molar-refractivity contribution in [2.75, 3.05) is 12.4 Å². The Kier molecular flexibility index (Phi) is 4.39. The molecule has 0 bridgehead atoms. The molecular formula is C14H13BrN2OS. The van der Waals surface area contributed by atoms with Crippen LogP contribution in [0.4, 0.5) is 11.4 Å². The van der Waals surface area contributed by atoms with Gasteiger partial charge in [0.2, 0.25) is 0 Å². The molecule has 5 heteroatoms. The quantitative estimate of drug-likeness (QED) is 0.833. The molecule has 2 rings (SSSR count). The van der Waals surface area contributed by atoms with Crippen LogP contribution in [0.15, 0.2) is 46.9 Å². The van der Waals surface area contributed by atoms with Crippen LogP contribution in [-0.4, -0.2) is 12.1 Å². The lowest BCUT2D eigenvalue weighted by Gasteiger charge is -2.14. The van der Waals surface area contributed by atoms with Gasteiger partial charge in [-0.05, 0) is 30.3 Å². The van der Waals surface area contributed by atoms with Crippen LogP contribution in [0.2, 0.25) is 0 Å². The van der Waals surface area contributed by atoms with E-state index >= 15 is 0 Å². The second-order valence-corrected chi connectivity index (χ2v) is 5.23. The molecule has 0 amide bonds. The van der Waals surface area contributed by atoms with Gasteiger partial charge in [0.15, 0.2) is 0 Å². The van der Waals surface area contributed by atoms with Crippen molar-refractivity contribution in [3.05, 3.63) is 52.5 Å². The van der Waals surface area contributed by atoms with Crippen molar-refractivity contribution in [1.29, 1.82) is 0 Å². The molecule has 0 aliphatic carbocycles. The Morgan fingerprint density at radius 3 is 2.63 bits per heavy atom. The van der Waals surface area contributed by atoms with E-state index in [0.29, 0.717) is 4.99 Å². The molecule has 3 nitrogen and oxygen atoms in total. The molecule has 0 unspecified atom stereocenters. The van der Waals surface area contributed by atoms with Crippen molar-refractivity contribution in [3.63, 3.8) is 0 Å². The van der Waals surface area contributed by atoms with Gasteiger partial charge in [-0.3, -0.25) is 0 Å². The van der Waals surface area contributed by atoms with Crippen molar-refractivity contribution in [3.8, 4) is 5.75 Å². The van der Waals surface area contributed by atoms with Gasteiger partial charge in [-0.15, -0.1) is 0 Å². The summed E-state index contributed by atoms with van der Waals surface area (Å²) in [4.78, 5) is 0.358. The molecule has 0 saturated carbocycles. The number of ether oxygens (including phenoxy) is 1. The highest BCUT2D eigenvalue weighted by Crippen LogP contribution is 2.31. The Morgan fingerprint density at radius 2 is 1.95 bits per heavy atom. The maximum Gasteiger partial charge on any atom is 0.142 e. The van der Waals surface area contributed by atoms with Crippen LogP contribution in [-0.2, 0) is 0 Å². The number of para-hydroxylation sites is 1. The first-order chi connectivity index (χ1) is 9.11. The van der Waals surface area contributed by atoms with E-state index in [1.54, 1.807) is 7.11 Å². The van der Waals surface area contributed by atoms with Crippen LogP contribution < -0.4 is 15.8 Å². The van der Waals surface area contributed by atoms with Gasteiger partial charge >= 0.3 is 0 Å². The summed E-state index contributed by atoms with van der Waals surface area (Å²) in [6.45, 7) is 0. The highest BCUT2D eigenvalue weighted by atomic mass is 79.9. The van der Waals surface area contributed by atoms with Crippen LogP contribution in [0.3, 0.4) is 0 Å². The first kappa shape index (κ1) is 13.8. The first-order valence-corrected chi connectivity index (χ1v) is 6.81. The van der Waals surface area contributed by atoms with Crippen LogP contribution in [0, 0.1) is 0 Å². The van der Waals surface area contributed by atoms with Gasteiger partial charge in [-0.2, -0.15) is 0 Å². The van der Waals surface area contributed by atoms with Crippen molar-refractivity contribution >= 4 is 44.5 Å². The average molecular weight is 337 g/mol. The lowest BCUT2D eigenvalue weighted by Crippen LogP contribution is -2.11. The summed E-state index contributed by atoms with van der Waals surface area (Å²) < 4.78 is 6.29. The fourth-order valence-electron chi connectivity index (χ4n) is 1.73. The van der Waals surface area contributed by atoms with Gasteiger partial charge < -0.3 is 15.8 Å². The monoisotopic (exact) mass is 336 g/mol. The number of halogens is 1. The zero-order valence-corrected chi connectivity index (χ0v) is 12.7. The fraction of sp³-hybridized carbons (Fsp3) is 0.0714. The van der Waals surface area contributed by atoms with Crippen LogP contribution in [0.25, 0.3) is 0 Å². The molecule has 0 saturated heterocycles. The SMILES string of the molecule is COc1ccc(Br)cc1Nc1ccccc1C(N)=S. The summed E-state index contributed by atoms with van der Waals surface area (Å²) >= 11 is 8.49. The maximum atomic E-state index is 5.72. The highest BCUT2D eigenvalue weighted by molar-refractivity contribution is 9.10. The van der Waals surface area contributed by atoms with Gasteiger partial charge in [0.05, 0.1) is 12.8 Å². The normalized spacial score (nSPS) is 10.0. The lowest BCUT2D eigenvalue weighted by atomic mass is 10.1. The van der Waals surface area contributed by atoms with Crippen LogP contribution in [0.5, 0.6) is 5.75 Å². The predicted molar refractivity (Wildman–Crippen MR) is 86.3 cm³/mol. The molecule has 0 heterocycles. The molecule has 2 aromatic rings. The number of nitrogens with one attached hydrogen (secondary N) is 1. The molecule has 0 spiro atoms. The molecule has 0 radical (unpaired) electrons. The molecule has 19 heavy (non-hydrogen) atoms. The molecule has 2 aromatic carbocycles. The number of thiocarbonyl (C=S) groups is 1. The summed E-state index contributed by atoms with van der Waals surface area (Å²) in [5.74, 6) is 0.751. The van der Waals surface area contributed by atoms with Gasteiger partial charge in [0.25, 0.3) is 0 Å². The largest absolute Gasteiger partial charge is 0.495 e. The standard InChI is InChI=1S/C14H13BrN2OS/c1-18-13-7-6-9(15)8-12(13)17-11-5-3-2-4-10(11)14(16)19/h2-8,17H,1H3,(H2,16,19). The van der Waals surface area contributed by atoms with Crippen molar-refractivity contribution in [2.24, 2.45) is 5.73 Å². The fourth-order valence-corrected chi connectivity index (χ4v) is 2.27. The number of hydrogen-bond acceptors (Lipinski definition) is 3. The molecule has 0 atom stereocenters. The van der Waals surface area contributed by atoms with E-state index < -0.39 is 0 Å². The van der Waals surface area contributed by atoms with Crippen molar-refractivity contribution < 1.29 is 4.74 Å². The number of rotatable bonds is 4. The Bertz CT molecular complexity index is 616. The Labute approximate surface area is 125 Å². The summed E-state index contributed by atoms with van der Waals surface area (Å²) in [5, 5.41) is 3.29. The minimum atomic E-state index is 0.358.